The fourth-order valence-corrected chi connectivity index (χ4v) is 2.96. The molecule has 1 heterocycles. The first-order chi connectivity index (χ1) is 14.4. The van der Waals surface area contributed by atoms with E-state index in [-0.39, 0.29) is 11.1 Å². The number of H-pyrrole nitrogens is 1. The molecule has 9 heteroatoms. The van der Waals surface area contributed by atoms with Crippen LogP contribution in [0.25, 0.3) is 22.4 Å². The van der Waals surface area contributed by atoms with Crippen LogP contribution in [0.4, 0.5) is 0 Å². The van der Waals surface area contributed by atoms with Gasteiger partial charge in [-0.2, -0.15) is 5.10 Å². The number of nitrogens with zero attached hydrogens (tertiary/aromatic N) is 1. The van der Waals surface area contributed by atoms with Gasteiger partial charge in [0.1, 0.15) is 11.6 Å². The Labute approximate surface area is 170 Å². The van der Waals surface area contributed by atoms with Gasteiger partial charge in [0.05, 0.1) is 12.1 Å². The Balaban J connectivity index is 2.18. The molecule has 0 aliphatic rings. The van der Waals surface area contributed by atoms with Crippen molar-refractivity contribution < 1.29 is 24.6 Å². The van der Waals surface area contributed by atoms with E-state index in [0.717, 1.165) is 0 Å². The van der Waals surface area contributed by atoms with Gasteiger partial charge in [-0.05, 0) is 5.56 Å². The van der Waals surface area contributed by atoms with Gasteiger partial charge in [0.15, 0.2) is 0 Å². The van der Waals surface area contributed by atoms with Crippen molar-refractivity contribution in [3.8, 4) is 22.4 Å². The van der Waals surface area contributed by atoms with Crippen LogP contribution in [0.15, 0.2) is 65.5 Å². The Bertz CT molecular complexity index is 1140. The third-order valence-electron chi connectivity index (χ3n) is 4.30. The fourth-order valence-electron chi connectivity index (χ4n) is 2.96. The largest absolute Gasteiger partial charge is 0.481 e. The summed E-state index contributed by atoms with van der Waals surface area (Å²) in [5, 5.41) is 26.6. The van der Waals surface area contributed by atoms with E-state index < -0.39 is 35.9 Å². The molecular formula is C21H17N3O6. The van der Waals surface area contributed by atoms with Crippen molar-refractivity contribution in [3.05, 3.63) is 76.6 Å². The zero-order valence-corrected chi connectivity index (χ0v) is 15.5. The summed E-state index contributed by atoms with van der Waals surface area (Å²) in [4.78, 5) is 47.8. The number of benzene rings is 2. The molecule has 0 aliphatic carbocycles. The third kappa shape index (κ3) is 4.41. The first-order valence-corrected chi connectivity index (χ1v) is 8.87. The number of carboxylic acids is 2. The van der Waals surface area contributed by atoms with Gasteiger partial charge in [0, 0.05) is 11.1 Å². The number of rotatable bonds is 7. The molecule has 0 spiro atoms. The maximum absolute atomic E-state index is 12.9. The zero-order chi connectivity index (χ0) is 21.7. The summed E-state index contributed by atoms with van der Waals surface area (Å²) in [7, 11) is 0. The quantitative estimate of drug-likeness (QED) is 0.466. The maximum atomic E-state index is 12.9. The number of amides is 1. The number of carbonyl (C=O) groups is 3. The molecule has 0 fully saturated rings. The van der Waals surface area contributed by atoms with Gasteiger partial charge in [-0.25, -0.2) is 9.89 Å². The van der Waals surface area contributed by atoms with Crippen LogP contribution < -0.4 is 10.9 Å². The predicted octanol–water partition coefficient (Wildman–Crippen LogP) is 1.76. The topological polar surface area (TPSA) is 149 Å². The van der Waals surface area contributed by atoms with Crippen LogP contribution in [0, 0.1) is 0 Å². The van der Waals surface area contributed by atoms with Gasteiger partial charge in [-0.15, -0.1) is 0 Å². The van der Waals surface area contributed by atoms with Crippen LogP contribution in [0.2, 0.25) is 0 Å². The molecular weight excluding hydrogens is 390 g/mol. The van der Waals surface area contributed by atoms with Crippen molar-refractivity contribution in [3.63, 3.8) is 0 Å². The van der Waals surface area contributed by atoms with Crippen molar-refractivity contribution in [2.75, 3.05) is 0 Å². The highest BCUT2D eigenvalue weighted by Gasteiger charge is 2.28. The lowest BCUT2D eigenvalue weighted by molar-refractivity contribution is -0.145. The number of aliphatic carboxylic acids is 2. The van der Waals surface area contributed by atoms with Gasteiger partial charge >= 0.3 is 11.9 Å². The molecule has 0 radical (unpaired) electrons. The lowest BCUT2D eigenvalue weighted by Crippen LogP contribution is -2.44. The molecule has 3 rings (SSSR count). The normalized spacial score (nSPS) is 11.5. The van der Waals surface area contributed by atoms with Crippen LogP contribution in [0.1, 0.15) is 16.8 Å². The minimum absolute atomic E-state index is 0.211. The van der Waals surface area contributed by atoms with Gasteiger partial charge < -0.3 is 15.5 Å². The Morgan fingerprint density at radius 1 is 0.933 bits per heavy atom. The lowest BCUT2D eigenvalue weighted by Gasteiger charge is -2.16. The van der Waals surface area contributed by atoms with E-state index in [9.17, 15) is 24.3 Å². The average Bonchev–Trinajstić information content (AvgIpc) is 2.73. The summed E-state index contributed by atoms with van der Waals surface area (Å²) in [6, 6.07) is 15.7. The van der Waals surface area contributed by atoms with Crippen molar-refractivity contribution in [1.82, 2.24) is 15.5 Å². The lowest BCUT2D eigenvalue weighted by atomic mass is 9.95. The van der Waals surface area contributed by atoms with Crippen LogP contribution >= 0.6 is 0 Å². The molecule has 3 aromatic rings. The fraction of sp³-hybridized carbons (Fsp3) is 0.0952. The second-order valence-corrected chi connectivity index (χ2v) is 6.35. The summed E-state index contributed by atoms with van der Waals surface area (Å²) in [6.45, 7) is 0. The molecule has 9 nitrogen and oxygen atoms in total. The van der Waals surface area contributed by atoms with E-state index in [1.165, 1.54) is 0 Å². The zero-order valence-electron chi connectivity index (χ0n) is 15.5. The number of hydrogen-bond donors (Lipinski definition) is 4. The van der Waals surface area contributed by atoms with E-state index in [1.54, 1.807) is 60.7 Å². The number of hydrogen-bond acceptors (Lipinski definition) is 5. The Kier molecular flexibility index (Phi) is 6.02. The second-order valence-electron chi connectivity index (χ2n) is 6.35. The van der Waals surface area contributed by atoms with Gasteiger partial charge in [0.25, 0.3) is 11.5 Å². The highest BCUT2D eigenvalue weighted by atomic mass is 16.4. The summed E-state index contributed by atoms with van der Waals surface area (Å²) < 4.78 is 0. The number of nitrogens with one attached hydrogen (secondary N) is 2. The average molecular weight is 407 g/mol. The molecule has 152 valence electrons. The predicted molar refractivity (Wildman–Crippen MR) is 107 cm³/mol. The monoisotopic (exact) mass is 407 g/mol. The highest BCUT2D eigenvalue weighted by molar-refractivity contribution is 6.05. The van der Waals surface area contributed by atoms with Crippen molar-refractivity contribution in [2.45, 2.75) is 12.5 Å². The summed E-state index contributed by atoms with van der Waals surface area (Å²) >= 11 is 0. The summed E-state index contributed by atoms with van der Waals surface area (Å²) in [6.07, 6.45) is -0.837. The Morgan fingerprint density at radius 2 is 1.50 bits per heavy atom. The van der Waals surface area contributed by atoms with Gasteiger partial charge in [-0.1, -0.05) is 60.7 Å². The molecule has 1 aromatic heterocycles. The Morgan fingerprint density at radius 3 is 2.03 bits per heavy atom. The third-order valence-corrected chi connectivity index (χ3v) is 4.30. The SMILES string of the molecule is O=C(O)CC(NC(=O)c1c(-c2ccccc2)c(-c2ccccc2)n[nH]c1=O)C(=O)O. The molecule has 1 atom stereocenters. The molecule has 4 N–H and O–H groups in total. The maximum Gasteiger partial charge on any atom is 0.326 e. The van der Waals surface area contributed by atoms with Crippen molar-refractivity contribution in [1.29, 1.82) is 0 Å². The molecule has 0 bridgehead atoms. The first-order valence-electron chi connectivity index (χ1n) is 8.87. The van der Waals surface area contributed by atoms with Gasteiger partial charge in [-0.3, -0.25) is 14.4 Å². The molecule has 0 saturated heterocycles. The Hall–Kier alpha value is -4.27. The number of carbonyl (C=O) groups excluding carboxylic acids is 1. The number of aromatic amines is 1. The van der Waals surface area contributed by atoms with E-state index in [1.807, 2.05) is 0 Å². The highest BCUT2D eigenvalue weighted by Crippen LogP contribution is 2.31. The van der Waals surface area contributed by atoms with Crippen LogP contribution in [-0.4, -0.2) is 44.3 Å². The van der Waals surface area contributed by atoms with E-state index in [4.69, 9.17) is 5.11 Å². The van der Waals surface area contributed by atoms with Crippen molar-refractivity contribution >= 4 is 17.8 Å². The summed E-state index contributed by atoms with van der Waals surface area (Å²) in [5.41, 5.74) is 0.489. The van der Waals surface area contributed by atoms with E-state index in [0.29, 0.717) is 16.8 Å². The van der Waals surface area contributed by atoms with E-state index in [2.05, 4.69) is 15.5 Å². The van der Waals surface area contributed by atoms with Crippen molar-refractivity contribution in [2.24, 2.45) is 0 Å². The number of carboxylic acid groups (broad SMARTS) is 2. The molecule has 0 saturated carbocycles. The molecule has 2 aromatic carbocycles. The molecule has 0 aliphatic heterocycles. The number of aromatic nitrogens is 2. The van der Waals surface area contributed by atoms with E-state index >= 15 is 0 Å². The van der Waals surface area contributed by atoms with Crippen LogP contribution in [0.3, 0.4) is 0 Å². The first kappa shape index (κ1) is 20.5. The van der Waals surface area contributed by atoms with Crippen LogP contribution in [0.5, 0.6) is 0 Å². The second kappa shape index (κ2) is 8.82. The minimum Gasteiger partial charge on any atom is -0.481 e. The van der Waals surface area contributed by atoms with Gasteiger partial charge in [0.2, 0.25) is 0 Å². The summed E-state index contributed by atoms with van der Waals surface area (Å²) in [5.74, 6) is -3.94. The molecule has 30 heavy (non-hydrogen) atoms. The minimum atomic E-state index is -1.70. The molecule has 1 amide bonds. The van der Waals surface area contributed by atoms with Crippen LogP contribution in [-0.2, 0) is 9.59 Å². The standard InChI is InChI=1S/C21H17N3O6/c25-15(26)11-14(21(29)30)22-19(27)17-16(12-7-3-1-4-8-12)18(23-24-20(17)28)13-9-5-2-6-10-13/h1-10,14H,11H2,(H,22,27)(H,24,28)(H,25,26)(H,29,30). The molecule has 1 unspecified atom stereocenters. The smallest absolute Gasteiger partial charge is 0.326 e.